The summed E-state index contributed by atoms with van der Waals surface area (Å²) in [5.74, 6) is 1.22. The maximum absolute atomic E-state index is 13.0. The van der Waals surface area contributed by atoms with Crippen molar-refractivity contribution < 1.29 is 19.0 Å². The van der Waals surface area contributed by atoms with E-state index in [9.17, 15) is 4.79 Å². The molecule has 2 aliphatic rings. The Bertz CT molecular complexity index is 1780. The van der Waals surface area contributed by atoms with Crippen LogP contribution in [-0.4, -0.2) is 40.2 Å². The second-order valence-electron chi connectivity index (χ2n) is 9.31. The SMILES string of the molecule is CCOc1cc(/C=C2/C(=N)N3N=C(COc4ccccc4)SC3=NC2=O)cc(Br)c1OCc1cccc2ccccc12. The number of hydrogen-bond acceptors (Lipinski definition) is 7. The fraction of sp³-hybridized carbons (Fsp3) is 0.125. The number of carbonyl (C=O) groups is 1. The number of carbonyl (C=O) groups excluding carboxylic acids is 1. The highest BCUT2D eigenvalue weighted by Crippen LogP contribution is 2.39. The topological polar surface area (TPSA) is 96.6 Å². The van der Waals surface area contributed by atoms with E-state index in [1.54, 1.807) is 12.1 Å². The fourth-order valence-electron chi connectivity index (χ4n) is 4.56. The minimum absolute atomic E-state index is 0.0578. The largest absolute Gasteiger partial charge is 0.490 e. The lowest BCUT2D eigenvalue weighted by Gasteiger charge is -2.20. The average Bonchev–Trinajstić information content (AvgIpc) is 3.41. The number of aliphatic imine (C=N–C) groups is 1. The van der Waals surface area contributed by atoms with Crippen molar-refractivity contribution in [3.63, 3.8) is 0 Å². The van der Waals surface area contributed by atoms with Crippen LogP contribution in [0.5, 0.6) is 17.2 Å². The molecule has 0 spiro atoms. The molecule has 2 heterocycles. The van der Waals surface area contributed by atoms with Crippen molar-refractivity contribution in [1.82, 2.24) is 5.01 Å². The molecule has 0 aromatic heterocycles. The third-order valence-corrected chi connectivity index (χ3v) is 7.97. The molecule has 0 unspecified atom stereocenters. The smallest absolute Gasteiger partial charge is 0.283 e. The molecule has 6 rings (SSSR count). The van der Waals surface area contributed by atoms with Gasteiger partial charge < -0.3 is 14.2 Å². The Labute approximate surface area is 255 Å². The summed E-state index contributed by atoms with van der Waals surface area (Å²) in [6.07, 6.45) is 1.62. The standard InChI is InChI=1S/C32H25BrN4O4S/c1-2-39-27-17-20(16-26(33)29(27)41-18-22-11-8-10-21-9-6-7-14-24(21)22)15-25-30(34)37-32(35-31(25)38)42-28(36-37)19-40-23-12-4-3-5-13-23/h3-17,34H,2,18-19H2,1H3/b25-15-,34-30?. The molecule has 210 valence electrons. The highest BCUT2D eigenvalue weighted by Gasteiger charge is 2.36. The van der Waals surface area contributed by atoms with Gasteiger partial charge in [-0.05, 0) is 86.9 Å². The maximum atomic E-state index is 13.0. The zero-order chi connectivity index (χ0) is 29.1. The lowest BCUT2D eigenvalue weighted by atomic mass is 10.1. The van der Waals surface area contributed by atoms with E-state index in [1.165, 1.54) is 16.8 Å². The predicted molar refractivity (Wildman–Crippen MR) is 171 cm³/mol. The predicted octanol–water partition coefficient (Wildman–Crippen LogP) is 7.28. The van der Waals surface area contributed by atoms with Crippen LogP contribution in [0, 0.1) is 5.41 Å². The van der Waals surface area contributed by atoms with E-state index in [4.69, 9.17) is 19.6 Å². The van der Waals surface area contributed by atoms with Crippen LogP contribution >= 0.6 is 27.7 Å². The zero-order valence-electron chi connectivity index (χ0n) is 22.5. The van der Waals surface area contributed by atoms with Crippen LogP contribution in [0.2, 0.25) is 0 Å². The van der Waals surface area contributed by atoms with Crippen molar-refractivity contribution in [2.24, 2.45) is 10.1 Å². The highest BCUT2D eigenvalue weighted by atomic mass is 79.9. The van der Waals surface area contributed by atoms with Gasteiger partial charge in [0, 0.05) is 0 Å². The summed E-state index contributed by atoms with van der Waals surface area (Å²) in [6.45, 7) is 2.87. The van der Waals surface area contributed by atoms with E-state index in [0.717, 1.165) is 16.3 Å². The molecule has 0 saturated carbocycles. The first kappa shape index (κ1) is 27.7. The Hall–Kier alpha value is -4.41. The normalized spacial score (nSPS) is 15.5. The molecule has 2 aliphatic heterocycles. The van der Waals surface area contributed by atoms with Gasteiger partial charge in [0.25, 0.3) is 5.91 Å². The molecule has 42 heavy (non-hydrogen) atoms. The first-order chi connectivity index (χ1) is 20.5. The minimum atomic E-state index is -0.510. The molecule has 8 nitrogen and oxygen atoms in total. The van der Waals surface area contributed by atoms with Crippen molar-refractivity contribution in [1.29, 1.82) is 5.41 Å². The van der Waals surface area contributed by atoms with Crippen molar-refractivity contribution >= 4 is 66.5 Å². The van der Waals surface area contributed by atoms with Crippen LogP contribution in [0.25, 0.3) is 16.8 Å². The molecule has 0 radical (unpaired) electrons. The highest BCUT2D eigenvalue weighted by molar-refractivity contribution is 9.10. The Balaban J connectivity index is 1.23. The number of fused-ring (bicyclic) bond motifs is 2. The first-order valence-corrected chi connectivity index (χ1v) is 14.8. The second-order valence-corrected chi connectivity index (χ2v) is 11.2. The second kappa shape index (κ2) is 12.2. The van der Waals surface area contributed by atoms with Gasteiger partial charge in [0.15, 0.2) is 17.3 Å². The summed E-state index contributed by atoms with van der Waals surface area (Å²) in [6, 6.07) is 27.3. The summed E-state index contributed by atoms with van der Waals surface area (Å²) < 4.78 is 18.6. The molecule has 4 aromatic carbocycles. The van der Waals surface area contributed by atoms with Crippen LogP contribution in [0.4, 0.5) is 0 Å². The molecule has 10 heteroatoms. The number of benzene rings is 4. The van der Waals surface area contributed by atoms with Crippen molar-refractivity contribution in [2.75, 3.05) is 13.2 Å². The minimum Gasteiger partial charge on any atom is -0.490 e. The number of halogens is 1. The van der Waals surface area contributed by atoms with Gasteiger partial charge in [-0.15, -0.1) is 0 Å². The Morgan fingerprint density at radius 1 is 0.952 bits per heavy atom. The van der Waals surface area contributed by atoms with Gasteiger partial charge in [-0.1, -0.05) is 60.7 Å². The first-order valence-electron chi connectivity index (χ1n) is 13.2. The summed E-state index contributed by atoms with van der Waals surface area (Å²) in [5.41, 5.74) is 1.83. The lowest BCUT2D eigenvalue weighted by Crippen LogP contribution is -2.35. The monoisotopic (exact) mass is 640 g/mol. The van der Waals surface area contributed by atoms with Crippen molar-refractivity contribution in [2.45, 2.75) is 13.5 Å². The number of hydrogen-bond donors (Lipinski definition) is 1. The number of nitrogens with one attached hydrogen (secondary N) is 1. The number of ether oxygens (including phenoxy) is 3. The summed E-state index contributed by atoms with van der Waals surface area (Å²) in [7, 11) is 0. The van der Waals surface area contributed by atoms with Gasteiger partial charge in [0.2, 0.25) is 5.17 Å². The molecule has 0 atom stereocenters. The molecular formula is C32H25BrN4O4S. The summed E-state index contributed by atoms with van der Waals surface area (Å²) >= 11 is 4.84. The third-order valence-electron chi connectivity index (χ3n) is 6.50. The van der Waals surface area contributed by atoms with Crippen LogP contribution < -0.4 is 14.2 Å². The van der Waals surface area contributed by atoms with Crippen LogP contribution in [0.3, 0.4) is 0 Å². The Morgan fingerprint density at radius 3 is 2.57 bits per heavy atom. The number of rotatable bonds is 9. The van der Waals surface area contributed by atoms with E-state index < -0.39 is 5.91 Å². The maximum Gasteiger partial charge on any atom is 0.283 e. The Kier molecular flexibility index (Phi) is 8.07. The molecule has 0 saturated heterocycles. The van der Waals surface area contributed by atoms with Gasteiger partial charge in [-0.25, -0.2) is 0 Å². The van der Waals surface area contributed by atoms with Gasteiger partial charge >= 0.3 is 0 Å². The fourth-order valence-corrected chi connectivity index (χ4v) is 5.93. The van der Waals surface area contributed by atoms with E-state index in [2.05, 4.69) is 44.2 Å². The van der Waals surface area contributed by atoms with Crippen LogP contribution in [0.15, 0.2) is 105 Å². The van der Waals surface area contributed by atoms with E-state index in [1.807, 2.05) is 67.6 Å². The lowest BCUT2D eigenvalue weighted by molar-refractivity contribution is -0.114. The number of thioether (sulfide) groups is 1. The number of para-hydroxylation sites is 1. The molecular weight excluding hydrogens is 616 g/mol. The molecule has 1 amide bonds. The zero-order valence-corrected chi connectivity index (χ0v) is 24.9. The van der Waals surface area contributed by atoms with Crippen molar-refractivity contribution in [3.05, 3.63) is 106 Å². The summed E-state index contributed by atoms with van der Waals surface area (Å²) in [4.78, 5) is 17.2. The molecule has 0 fully saturated rings. The van der Waals surface area contributed by atoms with Crippen molar-refractivity contribution in [3.8, 4) is 17.2 Å². The third kappa shape index (κ3) is 5.81. The van der Waals surface area contributed by atoms with Gasteiger partial charge in [-0.3, -0.25) is 10.2 Å². The van der Waals surface area contributed by atoms with Crippen LogP contribution in [-0.2, 0) is 11.4 Å². The average molecular weight is 642 g/mol. The molecule has 4 aromatic rings. The molecule has 0 bridgehead atoms. The van der Waals surface area contributed by atoms with Gasteiger partial charge in [0.1, 0.15) is 24.0 Å². The van der Waals surface area contributed by atoms with Gasteiger partial charge in [0.05, 0.1) is 16.7 Å². The number of amidine groups is 2. The van der Waals surface area contributed by atoms with E-state index >= 15 is 0 Å². The Morgan fingerprint density at radius 2 is 1.74 bits per heavy atom. The quantitative estimate of drug-likeness (QED) is 0.193. The molecule has 1 N–H and O–H groups in total. The summed E-state index contributed by atoms with van der Waals surface area (Å²) in [5, 5.41) is 17.8. The number of hydrazone groups is 1. The number of amides is 1. The van der Waals surface area contributed by atoms with Gasteiger partial charge in [-0.2, -0.15) is 15.1 Å². The van der Waals surface area contributed by atoms with E-state index in [-0.39, 0.29) is 18.0 Å². The van der Waals surface area contributed by atoms with Crippen LogP contribution in [0.1, 0.15) is 18.1 Å². The van der Waals surface area contributed by atoms with E-state index in [0.29, 0.717) is 50.7 Å². The molecule has 0 aliphatic carbocycles. The number of nitrogens with zero attached hydrogens (tertiary/aromatic N) is 3.